The summed E-state index contributed by atoms with van der Waals surface area (Å²) >= 11 is 0. The Bertz CT molecular complexity index is 465. The summed E-state index contributed by atoms with van der Waals surface area (Å²) in [4.78, 5) is 0. The number of hydrogen-bond acceptors (Lipinski definition) is 5. The van der Waals surface area contributed by atoms with Crippen LogP contribution in [0.15, 0.2) is 18.2 Å². The van der Waals surface area contributed by atoms with Crippen LogP contribution in [-0.2, 0) is 16.8 Å². The molecule has 0 amide bonds. The van der Waals surface area contributed by atoms with E-state index >= 15 is 0 Å². The molecule has 1 unspecified atom stereocenters. The maximum absolute atomic E-state index is 9.10. The van der Waals surface area contributed by atoms with Crippen LogP contribution in [0.1, 0.15) is 19.4 Å². The highest BCUT2D eigenvalue weighted by Gasteiger charge is 2.00. The molecule has 0 radical (unpaired) electrons. The average molecular weight is 278 g/mol. The third-order valence-corrected chi connectivity index (χ3v) is 1.90. The van der Waals surface area contributed by atoms with E-state index in [1.165, 1.54) is 0 Å². The van der Waals surface area contributed by atoms with Gasteiger partial charge in [-0.05, 0) is 37.1 Å². The van der Waals surface area contributed by atoms with Crippen molar-refractivity contribution in [3.05, 3.63) is 23.8 Å². The summed E-state index contributed by atoms with van der Waals surface area (Å²) in [6.45, 7) is 3.74. The molecule has 6 N–H and O–H groups in total. The lowest BCUT2D eigenvalue weighted by Crippen LogP contribution is -2.13. The number of aliphatic hydroxyl groups excluding tert-OH is 1. The van der Waals surface area contributed by atoms with Gasteiger partial charge in [-0.25, -0.2) is 0 Å². The lowest BCUT2D eigenvalue weighted by atomic mass is 10.1. The molecular weight excluding hydrogens is 260 g/mol. The fourth-order valence-corrected chi connectivity index (χ4v) is 1.24. The van der Waals surface area contributed by atoms with E-state index in [0.717, 1.165) is 23.4 Å². The predicted octanol–water partition coefficient (Wildman–Crippen LogP) is 0.929. The minimum absolute atomic E-state index is 0.534. The Labute approximate surface area is 106 Å². The molecule has 1 rings (SSSR count). The molecule has 8 heteroatoms. The van der Waals surface area contributed by atoms with Crippen molar-refractivity contribution in [1.82, 2.24) is 0 Å². The van der Waals surface area contributed by atoms with Crippen molar-refractivity contribution in [3.63, 3.8) is 0 Å². The normalized spacial score (nSPS) is 12.3. The summed E-state index contributed by atoms with van der Waals surface area (Å²) in [5, 5.41) is 12.0. The minimum Gasteiger partial charge on any atom is -0.399 e. The van der Waals surface area contributed by atoms with Crippen LogP contribution in [-0.4, -0.2) is 28.9 Å². The van der Waals surface area contributed by atoms with Crippen molar-refractivity contribution in [3.8, 4) is 0 Å². The predicted molar refractivity (Wildman–Crippen MR) is 69.7 cm³/mol. The maximum atomic E-state index is 9.10. The molecule has 0 spiro atoms. The largest absolute Gasteiger partial charge is 0.399 e. The molecule has 18 heavy (non-hydrogen) atoms. The molecule has 104 valence electrons. The Morgan fingerprint density at radius 1 is 1.39 bits per heavy atom. The van der Waals surface area contributed by atoms with Gasteiger partial charge < -0.3 is 16.2 Å². The summed E-state index contributed by atoms with van der Waals surface area (Å²) in [6.07, 6.45) is 0.370. The summed E-state index contributed by atoms with van der Waals surface area (Å²) in [5.74, 6) is 0. The molecule has 0 aliphatic heterocycles. The van der Waals surface area contributed by atoms with E-state index in [0.29, 0.717) is 0 Å². The van der Waals surface area contributed by atoms with Crippen molar-refractivity contribution in [2.24, 2.45) is 0 Å². The summed E-state index contributed by atoms with van der Waals surface area (Å²) in [6, 6.07) is 5.67. The summed E-state index contributed by atoms with van der Waals surface area (Å²) in [5.41, 5.74) is 8.55. The van der Waals surface area contributed by atoms with Crippen molar-refractivity contribution >= 4 is 21.8 Å². The number of aliphatic hydroxyl groups is 1. The number of anilines is 2. The van der Waals surface area contributed by atoms with Gasteiger partial charge in [0.1, 0.15) is 6.23 Å². The van der Waals surface area contributed by atoms with Crippen LogP contribution in [0, 0.1) is 0 Å². The van der Waals surface area contributed by atoms with Crippen LogP contribution in [0.4, 0.5) is 11.4 Å². The molecule has 0 fully saturated rings. The first-order chi connectivity index (χ1) is 8.13. The van der Waals surface area contributed by atoms with E-state index in [2.05, 4.69) is 12.2 Å². The van der Waals surface area contributed by atoms with Crippen LogP contribution in [0.5, 0.6) is 0 Å². The molecule has 1 atom stereocenters. The van der Waals surface area contributed by atoms with Crippen LogP contribution in [0.2, 0.25) is 0 Å². The number of nitrogen functional groups attached to an aromatic ring is 1. The van der Waals surface area contributed by atoms with E-state index in [-0.39, 0.29) is 0 Å². The van der Waals surface area contributed by atoms with Crippen LogP contribution >= 0.6 is 0 Å². The van der Waals surface area contributed by atoms with E-state index in [1.807, 2.05) is 18.2 Å². The Kier molecular flexibility index (Phi) is 6.63. The van der Waals surface area contributed by atoms with Crippen LogP contribution in [0.25, 0.3) is 0 Å². The SMILES string of the molecule is CCc1cc(NC(C)O)ccc1N.O=S(=O)(O)O. The van der Waals surface area contributed by atoms with Gasteiger partial charge in [0.05, 0.1) is 0 Å². The van der Waals surface area contributed by atoms with Gasteiger partial charge in [0.15, 0.2) is 0 Å². The second-order valence-electron chi connectivity index (χ2n) is 3.54. The van der Waals surface area contributed by atoms with E-state index in [4.69, 9.17) is 28.4 Å². The van der Waals surface area contributed by atoms with Crippen molar-refractivity contribution < 1.29 is 22.6 Å². The molecule has 0 bridgehead atoms. The number of hydrogen-bond donors (Lipinski definition) is 5. The van der Waals surface area contributed by atoms with Crippen molar-refractivity contribution in [2.45, 2.75) is 26.5 Å². The van der Waals surface area contributed by atoms with E-state index in [1.54, 1.807) is 6.92 Å². The zero-order valence-electron chi connectivity index (χ0n) is 10.2. The highest BCUT2D eigenvalue weighted by atomic mass is 32.3. The first-order valence-corrected chi connectivity index (χ1v) is 6.56. The molecule has 7 nitrogen and oxygen atoms in total. The highest BCUT2D eigenvalue weighted by molar-refractivity contribution is 7.79. The smallest absolute Gasteiger partial charge is 0.394 e. The molecule has 0 saturated carbocycles. The number of rotatable bonds is 3. The molecule has 0 aromatic heterocycles. The van der Waals surface area contributed by atoms with E-state index < -0.39 is 16.6 Å². The molecule has 1 aromatic carbocycles. The maximum Gasteiger partial charge on any atom is 0.394 e. The van der Waals surface area contributed by atoms with E-state index in [9.17, 15) is 0 Å². The standard InChI is InChI=1S/C10H16N2O.H2O4S/c1-3-8-6-9(12-7(2)13)4-5-10(8)11;1-5(2,3)4/h4-7,12-13H,3,11H2,1-2H3;(H2,1,2,3,4). The lowest BCUT2D eigenvalue weighted by molar-refractivity contribution is 0.224. The van der Waals surface area contributed by atoms with Gasteiger partial charge in [-0.15, -0.1) is 0 Å². The number of nitrogens with one attached hydrogen (secondary N) is 1. The number of aryl methyl sites for hydroxylation is 1. The van der Waals surface area contributed by atoms with Crippen LogP contribution < -0.4 is 11.1 Å². The lowest BCUT2D eigenvalue weighted by Gasteiger charge is -2.11. The first-order valence-electron chi connectivity index (χ1n) is 5.16. The summed E-state index contributed by atoms with van der Waals surface area (Å²) in [7, 11) is -4.67. The molecular formula is C10H18N2O5S. The van der Waals surface area contributed by atoms with Gasteiger partial charge in [-0.2, -0.15) is 8.42 Å². The zero-order chi connectivity index (χ0) is 14.3. The minimum atomic E-state index is -4.67. The monoisotopic (exact) mass is 278 g/mol. The third-order valence-electron chi connectivity index (χ3n) is 1.90. The highest BCUT2D eigenvalue weighted by Crippen LogP contribution is 2.18. The molecule has 0 heterocycles. The summed E-state index contributed by atoms with van der Waals surface area (Å²) < 4.78 is 31.6. The van der Waals surface area contributed by atoms with Gasteiger partial charge in [0, 0.05) is 11.4 Å². The van der Waals surface area contributed by atoms with Crippen LogP contribution in [0.3, 0.4) is 0 Å². The average Bonchev–Trinajstić information content (AvgIpc) is 2.17. The molecule has 0 aliphatic carbocycles. The zero-order valence-corrected chi connectivity index (χ0v) is 11.0. The first kappa shape index (κ1) is 16.6. The van der Waals surface area contributed by atoms with Gasteiger partial charge >= 0.3 is 10.4 Å². The van der Waals surface area contributed by atoms with Gasteiger partial charge in [0.25, 0.3) is 0 Å². The Morgan fingerprint density at radius 3 is 2.28 bits per heavy atom. The Balaban J connectivity index is 0.000000494. The van der Waals surface area contributed by atoms with Gasteiger partial charge in [-0.1, -0.05) is 6.92 Å². The van der Waals surface area contributed by atoms with Gasteiger partial charge in [-0.3, -0.25) is 9.11 Å². The molecule has 1 aromatic rings. The Morgan fingerprint density at radius 2 is 1.89 bits per heavy atom. The fraction of sp³-hybridized carbons (Fsp3) is 0.400. The fourth-order valence-electron chi connectivity index (χ4n) is 1.24. The van der Waals surface area contributed by atoms with Crippen molar-refractivity contribution in [1.29, 1.82) is 0 Å². The quantitative estimate of drug-likeness (QED) is 0.315. The Hall–Kier alpha value is -1.35. The second kappa shape index (κ2) is 7.17. The third kappa shape index (κ3) is 8.76. The van der Waals surface area contributed by atoms with Crippen molar-refractivity contribution in [2.75, 3.05) is 11.1 Å². The topological polar surface area (TPSA) is 133 Å². The number of benzene rings is 1. The second-order valence-corrected chi connectivity index (χ2v) is 4.43. The molecule has 0 aliphatic rings. The molecule has 0 saturated heterocycles. The van der Waals surface area contributed by atoms with Gasteiger partial charge in [0.2, 0.25) is 0 Å². The number of nitrogens with two attached hydrogens (primary N) is 1.